The molecule has 13 heavy (non-hydrogen) atoms. The molecule has 0 bridgehead atoms. The first kappa shape index (κ1) is 9.34. The normalized spacial score (nSPS) is 38.3. The molecule has 0 amide bonds. The van der Waals surface area contributed by atoms with Crippen molar-refractivity contribution in [3.8, 4) is 0 Å². The smallest absolute Gasteiger partial charge is 0.251 e. The van der Waals surface area contributed by atoms with E-state index in [1.54, 1.807) is 7.11 Å². The number of nitrogens with zero attached hydrogens (tertiary/aromatic N) is 1. The van der Waals surface area contributed by atoms with Crippen molar-refractivity contribution < 1.29 is 13.5 Å². The number of methoxy groups -OCH3 is 1. The lowest BCUT2D eigenvalue weighted by molar-refractivity contribution is 0.0869. The number of fused-ring (bicyclic) bond motifs is 1. The van der Waals surface area contributed by atoms with Gasteiger partial charge in [-0.1, -0.05) is 0 Å². The van der Waals surface area contributed by atoms with Crippen molar-refractivity contribution in [3.05, 3.63) is 0 Å². The Labute approximate surface area is 76.9 Å². The number of ether oxygens (including phenoxy) is 1. The molecule has 0 spiro atoms. The maximum atomic E-state index is 12.0. The van der Waals surface area contributed by atoms with Crippen LogP contribution in [0, 0.1) is 17.8 Å². The molecule has 1 heterocycles. The average Bonchev–Trinajstić information content (AvgIpc) is 2.55. The zero-order valence-electron chi connectivity index (χ0n) is 7.75. The quantitative estimate of drug-likeness (QED) is 0.659. The third-order valence-electron chi connectivity index (χ3n) is 3.20. The maximum absolute atomic E-state index is 12.0. The van der Waals surface area contributed by atoms with E-state index >= 15 is 0 Å². The standard InChI is InChI=1S/C9H15F2NO/c1-13-5-8-6-2-12(3-7(6)8)4-9(10)11/h6-9H,2-5H2,1H3/t6-,7+,8?. The molecule has 2 rings (SSSR count). The summed E-state index contributed by atoms with van der Waals surface area (Å²) in [6.45, 7) is 2.45. The van der Waals surface area contributed by atoms with E-state index < -0.39 is 6.43 Å². The SMILES string of the molecule is COCC1[C@H]2CN(CC(F)F)C[C@@H]12. The van der Waals surface area contributed by atoms with Crippen LogP contribution in [0.4, 0.5) is 8.78 Å². The summed E-state index contributed by atoms with van der Waals surface area (Å²) in [5.74, 6) is 1.93. The van der Waals surface area contributed by atoms with Crippen LogP contribution in [0.5, 0.6) is 0 Å². The van der Waals surface area contributed by atoms with Crippen LogP contribution in [0.2, 0.25) is 0 Å². The highest BCUT2D eigenvalue weighted by atomic mass is 19.3. The molecule has 1 saturated heterocycles. The van der Waals surface area contributed by atoms with Crippen LogP contribution >= 0.6 is 0 Å². The molecule has 3 atom stereocenters. The fraction of sp³-hybridized carbons (Fsp3) is 1.00. The van der Waals surface area contributed by atoms with E-state index in [-0.39, 0.29) is 6.54 Å². The summed E-state index contributed by atoms with van der Waals surface area (Å²) in [5, 5.41) is 0. The molecule has 4 heteroatoms. The molecule has 0 aromatic carbocycles. The van der Waals surface area contributed by atoms with Gasteiger partial charge in [0, 0.05) is 26.8 Å². The van der Waals surface area contributed by atoms with Gasteiger partial charge in [0.1, 0.15) is 0 Å². The minimum atomic E-state index is -2.18. The Kier molecular flexibility index (Phi) is 2.51. The Morgan fingerprint density at radius 1 is 1.38 bits per heavy atom. The van der Waals surface area contributed by atoms with Crippen LogP contribution in [0.1, 0.15) is 0 Å². The lowest BCUT2D eigenvalue weighted by Crippen LogP contribution is -2.30. The molecule has 76 valence electrons. The Balaban J connectivity index is 1.71. The number of halogens is 2. The van der Waals surface area contributed by atoms with Crippen molar-refractivity contribution in [2.24, 2.45) is 17.8 Å². The minimum Gasteiger partial charge on any atom is -0.384 e. The first-order valence-corrected chi connectivity index (χ1v) is 4.72. The topological polar surface area (TPSA) is 12.5 Å². The molecule has 0 N–H and O–H groups in total. The summed E-state index contributed by atoms with van der Waals surface area (Å²) >= 11 is 0. The Morgan fingerprint density at radius 3 is 2.46 bits per heavy atom. The van der Waals surface area contributed by atoms with Crippen molar-refractivity contribution in [3.63, 3.8) is 0 Å². The fourth-order valence-corrected chi connectivity index (χ4v) is 2.52. The summed E-state index contributed by atoms with van der Waals surface area (Å²) in [4.78, 5) is 1.87. The van der Waals surface area contributed by atoms with Crippen LogP contribution in [0.3, 0.4) is 0 Å². The van der Waals surface area contributed by atoms with Crippen molar-refractivity contribution in [1.82, 2.24) is 4.90 Å². The van der Waals surface area contributed by atoms with Crippen molar-refractivity contribution in [1.29, 1.82) is 0 Å². The Morgan fingerprint density at radius 2 is 2.00 bits per heavy atom. The van der Waals surface area contributed by atoms with Crippen LogP contribution in [0.15, 0.2) is 0 Å². The molecular formula is C9H15F2NO. The molecule has 0 aromatic heterocycles. The Hall–Kier alpha value is -0.220. The predicted molar refractivity (Wildman–Crippen MR) is 44.8 cm³/mol. The molecule has 1 aliphatic heterocycles. The van der Waals surface area contributed by atoms with E-state index in [2.05, 4.69) is 0 Å². The maximum Gasteiger partial charge on any atom is 0.251 e. The van der Waals surface area contributed by atoms with Gasteiger partial charge in [-0.25, -0.2) is 8.78 Å². The third kappa shape index (κ3) is 1.83. The van der Waals surface area contributed by atoms with Gasteiger partial charge in [-0.05, 0) is 17.8 Å². The van der Waals surface area contributed by atoms with Gasteiger partial charge in [-0.2, -0.15) is 0 Å². The van der Waals surface area contributed by atoms with Crippen LogP contribution in [0.25, 0.3) is 0 Å². The van der Waals surface area contributed by atoms with Crippen molar-refractivity contribution in [2.45, 2.75) is 6.43 Å². The second kappa shape index (κ2) is 3.50. The number of piperidine rings is 1. The molecule has 2 nitrogen and oxygen atoms in total. The predicted octanol–water partition coefficient (Wildman–Crippen LogP) is 1.08. The molecule has 2 aliphatic rings. The number of hydrogen-bond acceptors (Lipinski definition) is 2. The second-order valence-electron chi connectivity index (χ2n) is 4.06. The molecule has 1 saturated carbocycles. The average molecular weight is 191 g/mol. The molecule has 0 radical (unpaired) electrons. The first-order chi connectivity index (χ1) is 6.22. The number of likely N-dealkylation sites (tertiary alicyclic amines) is 1. The fourth-order valence-electron chi connectivity index (χ4n) is 2.52. The summed E-state index contributed by atoms with van der Waals surface area (Å²) in [7, 11) is 1.70. The van der Waals surface area contributed by atoms with E-state index in [1.165, 1.54) is 0 Å². The van der Waals surface area contributed by atoms with Crippen molar-refractivity contribution >= 4 is 0 Å². The molecule has 2 fully saturated rings. The Bertz CT molecular complexity index is 176. The summed E-state index contributed by atoms with van der Waals surface area (Å²) < 4.78 is 29.1. The molecule has 0 aromatic rings. The van der Waals surface area contributed by atoms with Gasteiger partial charge in [0.2, 0.25) is 0 Å². The highest BCUT2D eigenvalue weighted by Gasteiger charge is 2.55. The van der Waals surface area contributed by atoms with E-state index in [0.29, 0.717) is 17.8 Å². The minimum absolute atomic E-state index is 0.0489. The van der Waals surface area contributed by atoms with Gasteiger partial charge in [0.05, 0.1) is 6.54 Å². The van der Waals surface area contributed by atoms with Crippen molar-refractivity contribution in [2.75, 3.05) is 33.4 Å². The van der Waals surface area contributed by atoms with E-state index in [9.17, 15) is 8.78 Å². The zero-order valence-corrected chi connectivity index (χ0v) is 7.75. The second-order valence-corrected chi connectivity index (χ2v) is 4.06. The summed E-state index contributed by atoms with van der Waals surface area (Å²) in [6.07, 6.45) is -2.18. The van der Waals surface area contributed by atoms with Gasteiger partial charge < -0.3 is 4.74 Å². The number of alkyl halides is 2. The molecular weight excluding hydrogens is 176 g/mol. The number of rotatable bonds is 4. The van der Waals surface area contributed by atoms with E-state index in [1.807, 2.05) is 4.90 Å². The van der Waals surface area contributed by atoms with Gasteiger partial charge >= 0.3 is 0 Å². The largest absolute Gasteiger partial charge is 0.384 e. The first-order valence-electron chi connectivity index (χ1n) is 4.72. The van der Waals surface area contributed by atoms with E-state index in [4.69, 9.17) is 4.74 Å². The summed E-state index contributed by atoms with van der Waals surface area (Å²) in [6, 6.07) is 0. The summed E-state index contributed by atoms with van der Waals surface area (Å²) in [5.41, 5.74) is 0. The zero-order chi connectivity index (χ0) is 9.42. The van der Waals surface area contributed by atoms with Gasteiger partial charge in [-0.3, -0.25) is 4.90 Å². The third-order valence-corrected chi connectivity index (χ3v) is 3.20. The molecule has 1 unspecified atom stereocenters. The van der Waals surface area contributed by atoms with E-state index in [0.717, 1.165) is 19.7 Å². The highest BCUT2D eigenvalue weighted by Crippen LogP contribution is 2.51. The lowest BCUT2D eigenvalue weighted by atomic mass is 10.3. The van der Waals surface area contributed by atoms with Crippen LogP contribution < -0.4 is 0 Å². The monoisotopic (exact) mass is 191 g/mol. The van der Waals surface area contributed by atoms with Crippen LogP contribution in [-0.2, 0) is 4.74 Å². The van der Waals surface area contributed by atoms with Gasteiger partial charge in [-0.15, -0.1) is 0 Å². The van der Waals surface area contributed by atoms with Gasteiger partial charge in [0.15, 0.2) is 0 Å². The lowest BCUT2D eigenvalue weighted by Gasteiger charge is -2.18. The number of hydrogen-bond donors (Lipinski definition) is 0. The molecule has 1 aliphatic carbocycles. The van der Waals surface area contributed by atoms with Gasteiger partial charge in [0.25, 0.3) is 6.43 Å². The van der Waals surface area contributed by atoms with Crippen LogP contribution in [-0.4, -0.2) is 44.7 Å². The highest BCUT2D eigenvalue weighted by molar-refractivity contribution is 5.04.